The van der Waals surface area contributed by atoms with Gasteiger partial charge in [-0.05, 0) is 171 Å². The highest BCUT2D eigenvalue weighted by Crippen LogP contribution is 2.57. The van der Waals surface area contributed by atoms with Crippen LogP contribution in [0.25, 0.3) is 311 Å². The van der Waals surface area contributed by atoms with Gasteiger partial charge in [0.05, 0.1) is 66.7 Å². The van der Waals surface area contributed by atoms with Crippen molar-refractivity contribution in [1.29, 1.82) is 0 Å². The molecule has 0 unspecified atom stereocenters. The van der Waals surface area contributed by atoms with Crippen molar-refractivity contribution in [3.05, 3.63) is 486 Å². The molecule has 0 fully saturated rings. The number of rotatable bonds is 9. The minimum Gasteiger partial charge on any atom is -0.277 e. The lowest BCUT2D eigenvalue weighted by Crippen LogP contribution is -2.06. The zero-order valence-corrected chi connectivity index (χ0v) is 80.4. The third kappa shape index (κ3) is 12.9. The standard InChI is InChI=1S/C38H23N3.C37H22N4.C36H21N3.C25H14N4/c1-3-12-24(13-4-1)33-23-34(25-14-5-2-6-15-25)40-38(39-33)41-35-21-10-9-18-28(35)32-22-31-27-17-8-7-16-26(27)29-19-11-20-30(36(29)31)37(32)41;1-3-12-23(13-4-1)35-38-36(24-14-5-2-6-15-24)40-37(39-35)41-32-21-10-9-18-27(32)31-22-30-26-17-8-7-16-25(26)28-19-11-20-29(33(28)30)34(31)41;1-2-11-22(12-3-1)34-27-16-6-8-19-31(27)37-36(38-34)39-32-20-9-7-15-25(32)30-21-29-24-14-5-4-13-23(24)26-17-10-18-28(33(26)29)35(30)39;1-2-7-16-15(6-1)18-9-5-10-19-23(18)20(16)12-21-17-8-3-4-11-22(17)29(24(19)21)25-27-13-26-14-28-25/h1-23H;1-22H;1-21H;1-14H. The van der Waals surface area contributed by atoms with Crippen molar-refractivity contribution in [2.75, 3.05) is 0 Å². The summed E-state index contributed by atoms with van der Waals surface area (Å²) in [7, 11) is 0. The highest BCUT2D eigenvalue weighted by atomic mass is 15.2. The molecule has 150 heavy (non-hydrogen) atoms. The minimum atomic E-state index is 0.611. The van der Waals surface area contributed by atoms with Crippen molar-refractivity contribution in [3.63, 3.8) is 0 Å². The Morgan fingerprint density at radius 3 is 0.747 bits per heavy atom. The Morgan fingerprint density at radius 2 is 0.407 bits per heavy atom. The van der Waals surface area contributed by atoms with Crippen molar-refractivity contribution in [2.24, 2.45) is 0 Å². The smallest absolute Gasteiger partial charge is 0.238 e. The molecular weight excluding hydrogens is 1830 g/mol. The lowest BCUT2D eigenvalue weighted by atomic mass is 9.99. The van der Waals surface area contributed by atoms with Crippen LogP contribution < -0.4 is 0 Å². The molecule has 4 aliphatic carbocycles. The van der Waals surface area contributed by atoms with Crippen molar-refractivity contribution in [2.45, 2.75) is 0 Å². The molecule has 0 aliphatic heterocycles. The van der Waals surface area contributed by atoms with E-state index in [1.165, 1.54) is 175 Å². The Bertz CT molecular complexity index is 10500. The van der Waals surface area contributed by atoms with Gasteiger partial charge in [0.25, 0.3) is 0 Å². The van der Waals surface area contributed by atoms with E-state index in [1.54, 1.807) is 12.7 Å². The van der Waals surface area contributed by atoms with Crippen LogP contribution in [0.15, 0.2) is 486 Å². The molecular formula is C136H80N14. The molecule has 8 aromatic heterocycles. The summed E-state index contributed by atoms with van der Waals surface area (Å²) in [5.41, 5.74) is 38.5. The molecule has 0 N–H and O–H groups in total. The van der Waals surface area contributed by atoms with Gasteiger partial charge >= 0.3 is 0 Å². The molecule has 0 bridgehead atoms. The summed E-state index contributed by atoms with van der Waals surface area (Å²) in [5, 5.41) is 20.8. The van der Waals surface area contributed by atoms with E-state index in [0.717, 1.165) is 99.9 Å². The van der Waals surface area contributed by atoms with Crippen molar-refractivity contribution >= 4 is 141 Å². The second-order valence-corrected chi connectivity index (χ2v) is 38.7. The molecule has 0 amide bonds. The van der Waals surface area contributed by atoms with E-state index in [2.05, 4.69) is 421 Å². The fourth-order valence-electron chi connectivity index (χ4n) is 24.4. The Balaban J connectivity index is 0.0000000907. The average molecular weight is 1910 g/mol. The first-order valence-corrected chi connectivity index (χ1v) is 50.7. The summed E-state index contributed by atoms with van der Waals surface area (Å²) in [6.45, 7) is 0. The topological polar surface area (TPSA) is 149 Å². The van der Waals surface area contributed by atoms with Gasteiger partial charge in [0, 0.05) is 97.8 Å². The molecule has 0 radical (unpaired) electrons. The second-order valence-electron chi connectivity index (χ2n) is 38.7. The van der Waals surface area contributed by atoms with Gasteiger partial charge in [0.15, 0.2) is 11.6 Å². The van der Waals surface area contributed by atoms with Crippen LogP contribution >= 0.6 is 0 Å². The number of fused-ring (bicyclic) bond motifs is 29. The maximum Gasteiger partial charge on any atom is 0.238 e. The third-order valence-electron chi connectivity index (χ3n) is 30.7. The molecule has 14 heteroatoms. The largest absolute Gasteiger partial charge is 0.277 e. The van der Waals surface area contributed by atoms with Crippen LogP contribution in [-0.4, -0.2) is 68.1 Å². The summed E-state index contributed by atoms with van der Waals surface area (Å²) in [5.74, 6) is 3.92. The number of para-hydroxylation sites is 5. The van der Waals surface area contributed by atoms with E-state index in [-0.39, 0.29) is 0 Å². The number of nitrogens with zero attached hydrogens (tertiary/aromatic N) is 14. The molecule has 0 atom stereocenters. The van der Waals surface area contributed by atoms with Crippen LogP contribution in [0.2, 0.25) is 0 Å². The first-order valence-electron chi connectivity index (χ1n) is 50.7. The molecule has 34 rings (SSSR count). The predicted octanol–water partition coefficient (Wildman–Crippen LogP) is 33.8. The number of aromatic nitrogens is 14. The fraction of sp³-hybridized carbons (Fsp3) is 0. The van der Waals surface area contributed by atoms with Crippen LogP contribution in [0.1, 0.15) is 0 Å². The van der Waals surface area contributed by atoms with E-state index in [9.17, 15) is 0 Å². The molecule has 0 saturated heterocycles. The summed E-state index contributed by atoms with van der Waals surface area (Å²) in [6.07, 6.45) is 3.11. The highest BCUT2D eigenvalue weighted by molar-refractivity contribution is 6.33. The quantitative estimate of drug-likeness (QED) is 0.137. The maximum atomic E-state index is 5.27. The Morgan fingerprint density at radius 1 is 0.153 bits per heavy atom. The highest BCUT2D eigenvalue weighted by Gasteiger charge is 2.34. The van der Waals surface area contributed by atoms with Gasteiger partial charge in [-0.2, -0.15) is 9.97 Å². The monoisotopic (exact) mass is 1910 g/mol. The van der Waals surface area contributed by atoms with Gasteiger partial charge in [-0.15, -0.1) is 0 Å². The Kier molecular flexibility index (Phi) is 18.8. The summed E-state index contributed by atoms with van der Waals surface area (Å²) < 4.78 is 8.94. The van der Waals surface area contributed by atoms with Crippen LogP contribution in [-0.2, 0) is 0 Å². The molecule has 22 aromatic carbocycles. The van der Waals surface area contributed by atoms with Crippen molar-refractivity contribution in [1.82, 2.24) is 68.1 Å². The van der Waals surface area contributed by atoms with Crippen LogP contribution in [0, 0.1) is 0 Å². The normalized spacial score (nSPS) is 12.0. The molecule has 14 nitrogen and oxygen atoms in total. The van der Waals surface area contributed by atoms with E-state index in [1.807, 2.05) is 84.9 Å². The summed E-state index contributed by atoms with van der Waals surface area (Å²) in [4.78, 5) is 49.0. The van der Waals surface area contributed by atoms with Crippen LogP contribution in [0.4, 0.5) is 0 Å². The van der Waals surface area contributed by atoms with Gasteiger partial charge in [0.1, 0.15) is 12.7 Å². The number of benzene rings is 22. The van der Waals surface area contributed by atoms with Crippen molar-refractivity contribution < 1.29 is 0 Å². The Labute approximate surface area is 858 Å². The van der Waals surface area contributed by atoms with E-state index in [0.29, 0.717) is 35.4 Å². The van der Waals surface area contributed by atoms with Crippen LogP contribution in [0.3, 0.4) is 0 Å². The molecule has 4 aliphatic rings. The Hall–Kier alpha value is -20.5. The van der Waals surface area contributed by atoms with Gasteiger partial charge in [0.2, 0.25) is 23.8 Å². The maximum absolute atomic E-state index is 5.27. The van der Waals surface area contributed by atoms with Gasteiger partial charge in [-0.25, -0.2) is 39.9 Å². The lowest BCUT2D eigenvalue weighted by Gasteiger charge is -2.13. The fourth-order valence-corrected chi connectivity index (χ4v) is 24.4. The van der Waals surface area contributed by atoms with Gasteiger partial charge < -0.3 is 0 Å². The zero-order chi connectivity index (χ0) is 98.3. The number of hydrogen-bond donors (Lipinski definition) is 0. The molecule has 8 heterocycles. The summed E-state index contributed by atoms with van der Waals surface area (Å²) >= 11 is 0. The molecule has 0 saturated carbocycles. The minimum absolute atomic E-state index is 0.611. The molecule has 30 aromatic rings. The first kappa shape index (κ1) is 84.1. The second kappa shape index (κ2) is 33.6. The number of hydrogen-bond acceptors (Lipinski definition) is 10. The lowest BCUT2D eigenvalue weighted by molar-refractivity contribution is 0.941. The van der Waals surface area contributed by atoms with E-state index in [4.69, 9.17) is 34.9 Å². The van der Waals surface area contributed by atoms with E-state index < -0.39 is 0 Å². The predicted molar refractivity (Wildman–Crippen MR) is 614 cm³/mol. The zero-order valence-electron chi connectivity index (χ0n) is 80.4. The summed E-state index contributed by atoms with van der Waals surface area (Å²) in [6, 6.07) is 167. The SMILES string of the molecule is c1ccc(-c2cc(-c3ccccc3)nc(-n3c4ccccc4c4cc5c6c(cccc6c43)-c3ccccc3-5)n2)cc1.c1ccc(-c2nc(-c3ccccc3)nc(-n3c4ccccc4c4cc5c6c(cccc6c43)-c3ccccc3-5)n2)cc1.c1ccc(-c2nc(-n3c4ccccc4c4cc5c6c(cccc6c43)-c3ccccc3-5)nc3ccccc23)cc1.c1ccc2c(c1)-c1cccc3c1c-2cc1c2ccccc2n(-c2ncncn2)c31. The molecule has 0 spiro atoms. The van der Waals surface area contributed by atoms with Crippen molar-refractivity contribution in [3.8, 4) is 169 Å². The first-order chi connectivity index (χ1) is 74.5. The third-order valence-corrected chi connectivity index (χ3v) is 30.7. The van der Waals surface area contributed by atoms with Gasteiger partial charge in [-0.3, -0.25) is 18.3 Å². The van der Waals surface area contributed by atoms with Gasteiger partial charge in [-0.1, -0.05) is 413 Å². The van der Waals surface area contributed by atoms with E-state index >= 15 is 0 Å². The molecule has 694 valence electrons. The average Bonchev–Trinajstić information content (AvgIpc) is 1.55. The van der Waals surface area contributed by atoms with Crippen LogP contribution in [0.5, 0.6) is 0 Å².